The molecule has 0 aromatic heterocycles. The topological polar surface area (TPSA) is 75.3 Å². The van der Waals surface area contributed by atoms with Crippen molar-refractivity contribution in [3.8, 4) is 0 Å². The molecule has 1 atom stereocenters. The minimum atomic E-state index is -3.00. The molecule has 0 aromatic carbocycles. The molecule has 2 N–H and O–H groups in total. The SMILES string of the molecule is CCS(=O)(=O)CCNC(=O)C1(C)CCCNC1. The highest BCUT2D eigenvalue weighted by Gasteiger charge is 2.34. The molecule has 6 heteroatoms. The molecule has 0 aliphatic carbocycles. The molecule has 1 heterocycles. The van der Waals surface area contributed by atoms with Crippen LogP contribution in [-0.2, 0) is 14.6 Å². The number of sulfone groups is 1. The van der Waals surface area contributed by atoms with Gasteiger partial charge in [-0.3, -0.25) is 4.79 Å². The van der Waals surface area contributed by atoms with Crippen LogP contribution in [0.25, 0.3) is 0 Å². The van der Waals surface area contributed by atoms with Crippen molar-refractivity contribution < 1.29 is 13.2 Å². The van der Waals surface area contributed by atoms with Gasteiger partial charge in [-0.1, -0.05) is 6.92 Å². The number of carbonyl (C=O) groups is 1. The number of piperidine rings is 1. The van der Waals surface area contributed by atoms with Crippen LogP contribution in [0.1, 0.15) is 26.7 Å². The first kappa shape index (κ1) is 14.4. The lowest BCUT2D eigenvalue weighted by molar-refractivity contribution is -0.130. The zero-order valence-electron chi connectivity index (χ0n) is 10.6. The number of rotatable bonds is 5. The van der Waals surface area contributed by atoms with Gasteiger partial charge in [-0.25, -0.2) is 8.42 Å². The van der Waals surface area contributed by atoms with Gasteiger partial charge < -0.3 is 10.6 Å². The first-order valence-electron chi connectivity index (χ1n) is 6.09. The van der Waals surface area contributed by atoms with Crippen LogP contribution in [0.5, 0.6) is 0 Å². The molecule has 0 bridgehead atoms. The fourth-order valence-electron chi connectivity index (χ4n) is 1.93. The predicted molar refractivity (Wildman–Crippen MR) is 67.5 cm³/mol. The van der Waals surface area contributed by atoms with E-state index in [1.807, 2.05) is 6.92 Å². The van der Waals surface area contributed by atoms with Crippen molar-refractivity contribution in [2.75, 3.05) is 31.1 Å². The second kappa shape index (κ2) is 5.82. The van der Waals surface area contributed by atoms with Crippen molar-refractivity contribution in [1.82, 2.24) is 10.6 Å². The van der Waals surface area contributed by atoms with Crippen LogP contribution < -0.4 is 10.6 Å². The average Bonchev–Trinajstić information content (AvgIpc) is 2.29. The van der Waals surface area contributed by atoms with E-state index in [0.717, 1.165) is 19.4 Å². The summed E-state index contributed by atoms with van der Waals surface area (Å²) in [7, 11) is -3.00. The maximum atomic E-state index is 11.9. The molecule has 0 saturated carbocycles. The molecule has 1 saturated heterocycles. The van der Waals surface area contributed by atoms with Crippen LogP contribution >= 0.6 is 0 Å². The third-order valence-electron chi connectivity index (χ3n) is 3.28. The molecular formula is C11H22N2O3S. The van der Waals surface area contributed by atoms with Gasteiger partial charge in [0.1, 0.15) is 0 Å². The number of hydrogen-bond donors (Lipinski definition) is 2. The maximum Gasteiger partial charge on any atom is 0.227 e. The van der Waals surface area contributed by atoms with Crippen molar-refractivity contribution in [2.24, 2.45) is 5.41 Å². The third-order valence-corrected chi connectivity index (χ3v) is 4.99. The van der Waals surface area contributed by atoms with Crippen molar-refractivity contribution in [3.63, 3.8) is 0 Å². The first-order chi connectivity index (χ1) is 7.90. The Morgan fingerprint density at radius 2 is 2.18 bits per heavy atom. The lowest BCUT2D eigenvalue weighted by Crippen LogP contribution is -2.49. The van der Waals surface area contributed by atoms with Gasteiger partial charge in [-0.2, -0.15) is 0 Å². The van der Waals surface area contributed by atoms with Crippen LogP contribution in [0, 0.1) is 5.41 Å². The second-order valence-corrected chi connectivity index (χ2v) is 7.31. The summed E-state index contributed by atoms with van der Waals surface area (Å²) in [6, 6.07) is 0. The van der Waals surface area contributed by atoms with E-state index < -0.39 is 15.3 Å². The smallest absolute Gasteiger partial charge is 0.227 e. The zero-order valence-corrected chi connectivity index (χ0v) is 11.4. The monoisotopic (exact) mass is 262 g/mol. The Hall–Kier alpha value is -0.620. The molecule has 0 spiro atoms. The second-order valence-electron chi connectivity index (χ2n) is 4.83. The highest BCUT2D eigenvalue weighted by molar-refractivity contribution is 7.91. The van der Waals surface area contributed by atoms with Crippen molar-refractivity contribution in [3.05, 3.63) is 0 Å². The Morgan fingerprint density at radius 1 is 1.47 bits per heavy atom. The highest BCUT2D eigenvalue weighted by Crippen LogP contribution is 2.25. The standard InChI is InChI=1S/C11H22N2O3S/c1-3-17(15,16)8-7-13-10(14)11(2)5-4-6-12-9-11/h12H,3-9H2,1-2H3,(H,13,14). The van der Waals surface area contributed by atoms with Crippen LogP contribution in [0.3, 0.4) is 0 Å². The molecule has 17 heavy (non-hydrogen) atoms. The van der Waals surface area contributed by atoms with Crippen molar-refractivity contribution in [1.29, 1.82) is 0 Å². The quantitative estimate of drug-likeness (QED) is 0.727. The number of amides is 1. The number of hydrogen-bond acceptors (Lipinski definition) is 4. The largest absolute Gasteiger partial charge is 0.355 e. The summed E-state index contributed by atoms with van der Waals surface area (Å²) in [5.74, 6) is 0.108. The minimum absolute atomic E-state index is 0.0265. The fourth-order valence-corrected chi connectivity index (χ4v) is 2.63. The summed E-state index contributed by atoms with van der Waals surface area (Å²) in [5, 5.41) is 5.92. The summed E-state index contributed by atoms with van der Waals surface area (Å²) in [6.07, 6.45) is 1.84. The van der Waals surface area contributed by atoms with Gasteiger partial charge in [0.25, 0.3) is 0 Å². The predicted octanol–water partition coefficient (Wildman–Crippen LogP) is -0.0730. The molecule has 1 amide bonds. The van der Waals surface area contributed by atoms with E-state index in [2.05, 4.69) is 10.6 Å². The van der Waals surface area contributed by atoms with E-state index in [-0.39, 0.29) is 24.0 Å². The molecule has 0 aromatic rings. The Bertz CT molecular complexity index is 359. The number of nitrogens with one attached hydrogen (secondary N) is 2. The molecule has 1 aliphatic heterocycles. The van der Waals surface area contributed by atoms with Gasteiger partial charge in [0, 0.05) is 18.8 Å². The van der Waals surface area contributed by atoms with Crippen LogP contribution in [-0.4, -0.2) is 45.5 Å². The Morgan fingerprint density at radius 3 is 2.71 bits per heavy atom. The fraction of sp³-hybridized carbons (Fsp3) is 0.909. The molecule has 1 unspecified atom stereocenters. The van der Waals surface area contributed by atoms with E-state index in [0.29, 0.717) is 6.54 Å². The average molecular weight is 262 g/mol. The highest BCUT2D eigenvalue weighted by atomic mass is 32.2. The summed E-state index contributed by atoms with van der Waals surface area (Å²) >= 11 is 0. The minimum Gasteiger partial charge on any atom is -0.355 e. The van der Waals surface area contributed by atoms with Gasteiger partial charge >= 0.3 is 0 Å². The van der Waals surface area contributed by atoms with Crippen LogP contribution in [0.2, 0.25) is 0 Å². The van der Waals surface area contributed by atoms with E-state index in [4.69, 9.17) is 0 Å². The van der Waals surface area contributed by atoms with Gasteiger partial charge in [0.2, 0.25) is 5.91 Å². The lowest BCUT2D eigenvalue weighted by Gasteiger charge is -2.32. The molecule has 100 valence electrons. The van der Waals surface area contributed by atoms with Crippen molar-refractivity contribution in [2.45, 2.75) is 26.7 Å². The molecule has 0 radical (unpaired) electrons. The molecule has 1 aliphatic rings. The molecule has 1 fully saturated rings. The summed E-state index contributed by atoms with van der Waals surface area (Å²) in [6.45, 7) is 5.36. The summed E-state index contributed by atoms with van der Waals surface area (Å²) in [5.41, 5.74) is -0.395. The Kier molecular flexibility index (Phi) is 4.94. The summed E-state index contributed by atoms with van der Waals surface area (Å²) < 4.78 is 22.5. The van der Waals surface area contributed by atoms with Gasteiger partial charge in [-0.05, 0) is 26.3 Å². The van der Waals surface area contributed by atoms with Gasteiger partial charge in [0.15, 0.2) is 9.84 Å². The van der Waals surface area contributed by atoms with E-state index in [1.165, 1.54) is 0 Å². The van der Waals surface area contributed by atoms with Crippen LogP contribution in [0.15, 0.2) is 0 Å². The van der Waals surface area contributed by atoms with E-state index >= 15 is 0 Å². The van der Waals surface area contributed by atoms with Gasteiger partial charge in [-0.15, -0.1) is 0 Å². The van der Waals surface area contributed by atoms with Crippen molar-refractivity contribution >= 4 is 15.7 Å². The lowest BCUT2D eigenvalue weighted by atomic mass is 9.82. The van der Waals surface area contributed by atoms with E-state index in [9.17, 15) is 13.2 Å². The summed E-state index contributed by atoms with van der Waals surface area (Å²) in [4.78, 5) is 11.9. The van der Waals surface area contributed by atoms with Crippen LogP contribution in [0.4, 0.5) is 0 Å². The third kappa shape index (κ3) is 4.27. The van der Waals surface area contributed by atoms with E-state index in [1.54, 1.807) is 6.92 Å². The zero-order chi connectivity index (χ0) is 12.9. The number of carbonyl (C=O) groups excluding carboxylic acids is 1. The Balaban J connectivity index is 2.39. The normalized spacial score (nSPS) is 25.5. The molecule has 1 rings (SSSR count). The van der Waals surface area contributed by atoms with Gasteiger partial charge in [0.05, 0.1) is 11.2 Å². The molecular weight excluding hydrogens is 240 g/mol. The Labute approximate surface area is 103 Å². The first-order valence-corrected chi connectivity index (χ1v) is 7.91. The maximum absolute atomic E-state index is 11.9. The molecule has 5 nitrogen and oxygen atoms in total.